The van der Waals surface area contributed by atoms with Crippen molar-refractivity contribution in [1.29, 1.82) is 0 Å². The number of carbonyl (C=O) groups excluding carboxylic acids is 1. The molecule has 2 saturated heterocycles. The lowest BCUT2D eigenvalue weighted by atomic mass is 10.0. The van der Waals surface area contributed by atoms with Crippen molar-refractivity contribution in [2.75, 3.05) is 64.9 Å². The van der Waals surface area contributed by atoms with Gasteiger partial charge in [-0.3, -0.25) is 9.69 Å². The summed E-state index contributed by atoms with van der Waals surface area (Å²) in [6.45, 7) is 4.54. The van der Waals surface area contributed by atoms with Gasteiger partial charge in [-0.1, -0.05) is 0 Å². The second-order valence-corrected chi connectivity index (χ2v) is 6.76. The number of amides is 1. The third-order valence-electron chi connectivity index (χ3n) is 4.53. The number of nitrogens with zero attached hydrogens (tertiary/aromatic N) is 5. The summed E-state index contributed by atoms with van der Waals surface area (Å²) in [4.78, 5) is 26.6. The summed E-state index contributed by atoms with van der Waals surface area (Å²) in [7, 11) is 3.70. The highest BCUT2D eigenvalue weighted by Gasteiger charge is 2.40. The number of rotatable bonds is 4. The molecule has 2 aliphatic rings. The number of likely N-dealkylation sites (tertiary alicyclic amines) is 1. The number of hydrogen-bond donors (Lipinski definition) is 1. The zero-order valence-corrected chi connectivity index (χ0v) is 14.3. The van der Waals surface area contributed by atoms with Gasteiger partial charge in [0.1, 0.15) is 0 Å². The van der Waals surface area contributed by atoms with Crippen LogP contribution in [0.5, 0.6) is 0 Å². The zero-order chi connectivity index (χ0) is 17.2. The maximum Gasteiger partial charge on any atom is 0.257 e. The maximum atomic E-state index is 12.6. The fourth-order valence-electron chi connectivity index (χ4n) is 3.18. The Balaban J connectivity index is 1.60. The molecule has 1 aromatic rings. The highest BCUT2D eigenvalue weighted by Crippen LogP contribution is 2.24. The minimum atomic E-state index is -0.850. The van der Waals surface area contributed by atoms with Crippen LogP contribution in [0.15, 0.2) is 12.4 Å². The first-order valence-corrected chi connectivity index (χ1v) is 8.28. The molecular formula is C16H25N5O3. The fraction of sp³-hybridized carbons (Fsp3) is 0.688. The first-order valence-electron chi connectivity index (χ1n) is 8.28. The van der Waals surface area contributed by atoms with Crippen molar-refractivity contribution in [3.05, 3.63) is 18.0 Å². The monoisotopic (exact) mass is 335 g/mol. The molecule has 1 amide bonds. The summed E-state index contributed by atoms with van der Waals surface area (Å²) in [6, 6.07) is 0. The van der Waals surface area contributed by atoms with Crippen molar-refractivity contribution >= 4 is 11.9 Å². The van der Waals surface area contributed by atoms with E-state index in [0.29, 0.717) is 50.8 Å². The van der Waals surface area contributed by atoms with Crippen molar-refractivity contribution in [3.8, 4) is 0 Å². The second kappa shape index (κ2) is 7.00. The van der Waals surface area contributed by atoms with Gasteiger partial charge in [-0.15, -0.1) is 0 Å². The molecule has 0 aromatic carbocycles. The molecule has 8 nitrogen and oxygen atoms in total. The summed E-state index contributed by atoms with van der Waals surface area (Å²) in [5.41, 5.74) is -0.395. The summed E-state index contributed by atoms with van der Waals surface area (Å²) in [6.07, 6.45) is 3.68. The van der Waals surface area contributed by atoms with E-state index in [4.69, 9.17) is 4.74 Å². The summed E-state index contributed by atoms with van der Waals surface area (Å²) < 4.78 is 5.34. The third kappa shape index (κ3) is 3.82. The van der Waals surface area contributed by atoms with Gasteiger partial charge in [0.2, 0.25) is 5.95 Å². The number of β-amino-alcohol motifs (C(OH)–C–C–N with tert-alkyl or cyclic N) is 1. The molecular weight excluding hydrogens is 310 g/mol. The van der Waals surface area contributed by atoms with E-state index in [2.05, 4.69) is 14.9 Å². The molecule has 0 bridgehead atoms. The Morgan fingerprint density at radius 3 is 2.58 bits per heavy atom. The second-order valence-electron chi connectivity index (χ2n) is 6.76. The minimum Gasteiger partial charge on any atom is -0.387 e. The van der Waals surface area contributed by atoms with Gasteiger partial charge in [0.05, 0.1) is 30.9 Å². The van der Waals surface area contributed by atoms with E-state index in [9.17, 15) is 9.90 Å². The van der Waals surface area contributed by atoms with Crippen LogP contribution in [-0.4, -0.2) is 96.4 Å². The quantitative estimate of drug-likeness (QED) is 0.791. The summed E-state index contributed by atoms with van der Waals surface area (Å²) >= 11 is 0. The van der Waals surface area contributed by atoms with E-state index < -0.39 is 5.60 Å². The molecule has 132 valence electrons. The van der Waals surface area contributed by atoms with Gasteiger partial charge < -0.3 is 19.6 Å². The predicted molar refractivity (Wildman–Crippen MR) is 89.1 cm³/mol. The lowest BCUT2D eigenvalue weighted by Crippen LogP contribution is -2.49. The number of morpholine rings is 1. The first kappa shape index (κ1) is 17.1. The van der Waals surface area contributed by atoms with Gasteiger partial charge >= 0.3 is 0 Å². The molecule has 0 spiro atoms. The zero-order valence-electron chi connectivity index (χ0n) is 14.3. The predicted octanol–water partition coefficient (Wildman–Crippen LogP) is -0.548. The Bertz CT molecular complexity index is 574. The van der Waals surface area contributed by atoms with E-state index in [-0.39, 0.29) is 5.91 Å². The Labute approximate surface area is 142 Å². The SMILES string of the molecule is CN(C)c1ncc(C(=O)N2CC[C@](O)(CN3CCOCC3)C2)cn1. The topological polar surface area (TPSA) is 82.0 Å². The molecule has 0 aliphatic carbocycles. The van der Waals surface area contributed by atoms with Gasteiger partial charge in [-0.2, -0.15) is 0 Å². The number of anilines is 1. The molecule has 2 aliphatic heterocycles. The maximum absolute atomic E-state index is 12.6. The van der Waals surface area contributed by atoms with Crippen LogP contribution in [0.4, 0.5) is 5.95 Å². The molecule has 1 aromatic heterocycles. The lowest BCUT2D eigenvalue weighted by molar-refractivity contribution is -0.0257. The van der Waals surface area contributed by atoms with Crippen LogP contribution in [0.2, 0.25) is 0 Å². The van der Waals surface area contributed by atoms with Gasteiger partial charge in [-0.05, 0) is 6.42 Å². The Kier molecular flexibility index (Phi) is 4.98. The van der Waals surface area contributed by atoms with Crippen molar-refractivity contribution in [2.24, 2.45) is 0 Å². The standard InChI is InChI=1S/C16H25N5O3/c1-19(2)15-17-9-13(10-18-15)14(22)21-4-3-16(23,12-21)11-20-5-7-24-8-6-20/h9-10,23H,3-8,11-12H2,1-2H3/t16-/m0/s1. The van der Waals surface area contributed by atoms with E-state index in [1.165, 1.54) is 0 Å². The van der Waals surface area contributed by atoms with Gasteiger partial charge in [0.15, 0.2) is 0 Å². The lowest BCUT2D eigenvalue weighted by Gasteiger charge is -2.33. The number of aliphatic hydroxyl groups is 1. The van der Waals surface area contributed by atoms with Gasteiger partial charge in [0.25, 0.3) is 5.91 Å². The Morgan fingerprint density at radius 1 is 1.29 bits per heavy atom. The Hall–Kier alpha value is -1.77. The molecule has 3 rings (SSSR count). The fourth-order valence-corrected chi connectivity index (χ4v) is 3.18. The molecule has 3 heterocycles. The van der Waals surface area contributed by atoms with Crippen LogP contribution >= 0.6 is 0 Å². The van der Waals surface area contributed by atoms with Gasteiger partial charge in [-0.25, -0.2) is 9.97 Å². The van der Waals surface area contributed by atoms with Crippen molar-refractivity contribution in [2.45, 2.75) is 12.0 Å². The molecule has 24 heavy (non-hydrogen) atoms. The largest absolute Gasteiger partial charge is 0.387 e. The van der Waals surface area contributed by atoms with Crippen LogP contribution in [0.25, 0.3) is 0 Å². The molecule has 0 unspecified atom stereocenters. The number of carbonyl (C=O) groups is 1. The average molecular weight is 335 g/mol. The molecule has 0 saturated carbocycles. The van der Waals surface area contributed by atoms with E-state index in [1.54, 1.807) is 22.2 Å². The first-order chi connectivity index (χ1) is 11.5. The van der Waals surface area contributed by atoms with Crippen LogP contribution in [0.1, 0.15) is 16.8 Å². The van der Waals surface area contributed by atoms with E-state index >= 15 is 0 Å². The highest BCUT2D eigenvalue weighted by molar-refractivity contribution is 5.94. The Morgan fingerprint density at radius 2 is 1.96 bits per heavy atom. The van der Waals surface area contributed by atoms with E-state index in [1.807, 2.05) is 14.1 Å². The normalized spacial score (nSPS) is 25.0. The highest BCUT2D eigenvalue weighted by atomic mass is 16.5. The average Bonchev–Trinajstić information content (AvgIpc) is 2.97. The molecule has 8 heteroatoms. The van der Waals surface area contributed by atoms with Crippen LogP contribution < -0.4 is 4.90 Å². The molecule has 1 atom stereocenters. The van der Waals surface area contributed by atoms with Crippen LogP contribution in [-0.2, 0) is 4.74 Å². The minimum absolute atomic E-state index is 0.127. The number of aromatic nitrogens is 2. The summed E-state index contributed by atoms with van der Waals surface area (Å²) in [5, 5.41) is 10.8. The van der Waals surface area contributed by atoms with Gasteiger partial charge in [0, 0.05) is 52.7 Å². The van der Waals surface area contributed by atoms with Crippen LogP contribution in [0, 0.1) is 0 Å². The van der Waals surface area contributed by atoms with Crippen LogP contribution in [0.3, 0.4) is 0 Å². The molecule has 2 fully saturated rings. The smallest absolute Gasteiger partial charge is 0.257 e. The van der Waals surface area contributed by atoms with Crippen molar-refractivity contribution < 1.29 is 14.6 Å². The number of ether oxygens (including phenoxy) is 1. The summed E-state index contributed by atoms with van der Waals surface area (Å²) in [5.74, 6) is 0.440. The van der Waals surface area contributed by atoms with E-state index in [0.717, 1.165) is 13.1 Å². The van der Waals surface area contributed by atoms with Crippen molar-refractivity contribution in [1.82, 2.24) is 19.8 Å². The van der Waals surface area contributed by atoms with Crippen molar-refractivity contribution in [3.63, 3.8) is 0 Å². The molecule has 0 radical (unpaired) electrons. The third-order valence-corrected chi connectivity index (χ3v) is 4.53. The molecule has 1 N–H and O–H groups in total. The number of hydrogen-bond acceptors (Lipinski definition) is 7.